The van der Waals surface area contributed by atoms with E-state index in [1.165, 1.54) is 11.9 Å². The molecule has 1 amide bonds. The highest BCUT2D eigenvalue weighted by atomic mass is 35.5. The van der Waals surface area contributed by atoms with Gasteiger partial charge in [0.05, 0.1) is 0 Å². The molecule has 0 aromatic heterocycles. The van der Waals surface area contributed by atoms with Crippen molar-refractivity contribution in [3.8, 4) is 0 Å². The van der Waals surface area contributed by atoms with Crippen molar-refractivity contribution in [3.05, 3.63) is 82.9 Å². The zero-order valence-corrected chi connectivity index (χ0v) is 14.3. The number of fused-ring (bicyclic) bond motifs is 1. The number of benzene rings is 3. The monoisotopic (exact) mass is 350 g/mol. The zero-order valence-electron chi connectivity index (χ0n) is 13.5. The molecule has 4 nitrogen and oxygen atoms in total. The lowest BCUT2D eigenvalue weighted by Gasteiger charge is -2.20. The van der Waals surface area contributed by atoms with Crippen LogP contribution in [0.4, 0.5) is 0 Å². The van der Waals surface area contributed by atoms with Crippen molar-refractivity contribution >= 4 is 34.2 Å². The third-order valence-electron chi connectivity index (χ3n) is 4.13. The molecule has 124 valence electrons. The fourth-order valence-corrected chi connectivity index (χ4v) is 3.16. The number of amides is 1. The quantitative estimate of drug-likeness (QED) is 0.670. The molecule has 0 fully saturated rings. The summed E-state index contributed by atoms with van der Waals surface area (Å²) in [5.41, 5.74) is 1.63. The van der Waals surface area contributed by atoms with Crippen LogP contribution in [0.3, 0.4) is 0 Å². The number of hydrogen-bond acceptors (Lipinski definition) is 3. The second-order valence-electron chi connectivity index (χ2n) is 5.82. The van der Waals surface area contributed by atoms with E-state index in [1.54, 1.807) is 12.1 Å². The number of nitrogens with zero attached hydrogens (tertiary/aromatic N) is 2. The fourth-order valence-electron chi connectivity index (χ4n) is 2.97. The second-order valence-corrected chi connectivity index (χ2v) is 6.25. The van der Waals surface area contributed by atoms with Crippen LogP contribution in [0.2, 0.25) is 5.02 Å². The Morgan fingerprint density at radius 3 is 2.64 bits per heavy atom. The van der Waals surface area contributed by atoms with Crippen LogP contribution in [0.25, 0.3) is 10.8 Å². The average molecular weight is 351 g/mol. The molecular weight excluding hydrogens is 336 g/mol. The summed E-state index contributed by atoms with van der Waals surface area (Å²) in [6.45, 7) is 1.48. The van der Waals surface area contributed by atoms with E-state index in [2.05, 4.69) is 5.10 Å². The molecule has 25 heavy (non-hydrogen) atoms. The summed E-state index contributed by atoms with van der Waals surface area (Å²) in [7, 11) is 0. The van der Waals surface area contributed by atoms with Gasteiger partial charge in [-0.25, -0.2) is 0 Å². The number of hydrazone groups is 1. The van der Waals surface area contributed by atoms with Crippen LogP contribution in [0.15, 0.2) is 71.8 Å². The SMILES string of the molecule is CC(=O)N1N=C(c2cccc(Cl)c2)O[C@@H]1c1cccc2ccccc12. The molecular formula is C20H15ClN2O2. The molecule has 0 unspecified atom stereocenters. The predicted octanol–water partition coefficient (Wildman–Crippen LogP) is 4.73. The van der Waals surface area contributed by atoms with Gasteiger partial charge in [-0.1, -0.05) is 60.1 Å². The van der Waals surface area contributed by atoms with Gasteiger partial charge in [0, 0.05) is 23.1 Å². The van der Waals surface area contributed by atoms with Gasteiger partial charge in [0.15, 0.2) is 0 Å². The third kappa shape index (κ3) is 2.85. The normalized spacial score (nSPS) is 16.6. The largest absolute Gasteiger partial charge is 0.446 e. The van der Waals surface area contributed by atoms with Gasteiger partial charge in [-0.05, 0) is 29.0 Å². The van der Waals surface area contributed by atoms with E-state index in [0.717, 1.165) is 21.9 Å². The maximum absolute atomic E-state index is 12.1. The highest BCUT2D eigenvalue weighted by Gasteiger charge is 2.34. The number of carbonyl (C=O) groups excluding carboxylic acids is 1. The van der Waals surface area contributed by atoms with Crippen molar-refractivity contribution < 1.29 is 9.53 Å². The third-order valence-corrected chi connectivity index (χ3v) is 4.36. The summed E-state index contributed by atoms with van der Waals surface area (Å²) in [4.78, 5) is 12.1. The van der Waals surface area contributed by atoms with Crippen molar-refractivity contribution in [2.75, 3.05) is 0 Å². The first kappa shape index (κ1) is 15.7. The predicted molar refractivity (Wildman–Crippen MR) is 98.3 cm³/mol. The number of rotatable bonds is 2. The van der Waals surface area contributed by atoms with E-state index in [4.69, 9.17) is 16.3 Å². The fraction of sp³-hybridized carbons (Fsp3) is 0.100. The molecule has 0 N–H and O–H groups in total. The number of carbonyl (C=O) groups is 1. The molecule has 0 aliphatic carbocycles. The highest BCUT2D eigenvalue weighted by molar-refractivity contribution is 6.31. The minimum absolute atomic E-state index is 0.185. The van der Waals surface area contributed by atoms with Gasteiger partial charge < -0.3 is 4.74 Å². The molecule has 1 atom stereocenters. The topological polar surface area (TPSA) is 41.9 Å². The molecule has 1 aliphatic heterocycles. The number of ether oxygens (including phenoxy) is 1. The van der Waals surface area contributed by atoms with Crippen LogP contribution in [-0.2, 0) is 9.53 Å². The summed E-state index contributed by atoms with van der Waals surface area (Å²) in [5.74, 6) is 0.200. The lowest BCUT2D eigenvalue weighted by Crippen LogP contribution is -2.25. The Bertz CT molecular complexity index is 994. The van der Waals surface area contributed by atoms with Crippen molar-refractivity contribution in [3.63, 3.8) is 0 Å². The Hall–Kier alpha value is -2.85. The van der Waals surface area contributed by atoms with Crippen molar-refractivity contribution in [2.24, 2.45) is 5.10 Å². The van der Waals surface area contributed by atoms with Crippen molar-refractivity contribution in [1.82, 2.24) is 5.01 Å². The zero-order chi connectivity index (χ0) is 17.4. The van der Waals surface area contributed by atoms with E-state index in [1.807, 2.05) is 54.6 Å². The molecule has 1 heterocycles. The van der Waals surface area contributed by atoms with Crippen molar-refractivity contribution in [2.45, 2.75) is 13.2 Å². The van der Waals surface area contributed by atoms with Crippen LogP contribution in [-0.4, -0.2) is 16.8 Å². The van der Waals surface area contributed by atoms with E-state index in [0.29, 0.717) is 10.9 Å². The smallest absolute Gasteiger partial charge is 0.243 e. The Morgan fingerprint density at radius 2 is 1.84 bits per heavy atom. The summed E-state index contributed by atoms with van der Waals surface area (Å²) in [6.07, 6.45) is -0.599. The molecule has 0 bridgehead atoms. The van der Waals surface area contributed by atoms with Crippen LogP contribution >= 0.6 is 11.6 Å². The van der Waals surface area contributed by atoms with Crippen LogP contribution in [0.1, 0.15) is 24.3 Å². The standard InChI is InChI=1S/C20H15ClN2O2/c1-13(24)23-20(18-11-5-7-14-6-2-3-10-17(14)18)25-19(22-23)15-8-4-9-16(21)12-15/h2-12,20H,1H3/t20-/m1/s1. The number of halogens is 1. The second kappa shape index (κ2) is 6.22. The van der Waals surface area contributed by atoms with Gasteiger partial charge in [0.1, 0.15) is 0 Å². The minimum Gasteiger partial charge on any atom is -0.446 e. The summed E-state index contributed by atoms with van der Waals surface area (Å²) in [5, 5.41) is 8.46. The first-order chi connectivity index (χ1) is 12.1. The Kier molecular flexibility index (Phi) is 3.90. The summed E-state index contributed by atoms with van der Waals surface area (Å²) < 4.78 is 6.07. The molecule has 0 radical (unpaired) electrons. The lowest BCUT2D eigenvalue weighted by atomic mass is 10.0. The molecule has 3 aromatic carbocycles. The maximum atomic E-state index is 12.1. The van der Waals surface area contributed by atoms with Gasteiger partial charge in [-0.2, -0.15) is 5.01 Å². The Morgan fingerprint density at radius 1 is 1.08 bits per heavy atom. The van der Waals surface area contributed by atoms with Gasteiger partial charge in [-0.3, -0.25) is 4.79 Å². The van der Waals surface area contributed by atoms with Gasteiger partial charge in [-0.15, -0.1) is 5.10 Å². The highest BCUT2D eigenvalue weighted by Crippen LogP contribution is 2.34. The van der Waals surface area contributed by atoms with E-state index < -0.39 is 6.23 Å². The van der Waals surface area contributed by atoms with Crippen LogP contribution < -0.4 is 0 Å². The minimum atomic E-state index is -0.599. The Balaban J connectivity index is 1.79. The van der Waals surface area contributed by atoms with E-state index >= 15 is 0 Å². The van der Waals surface area contributed by atoms with Gasteiger partial charge in [0.25, 0.3) is 0 Å². The van der Waals surface area contributed by atoms with Gasteiger partial charge in [0.2, 0.25) is 18.0 Å². The average Bonchev–Trinajstić information content (AvgIpc) is 3.07. The van der Waals surface area contributed by atoms with E-state index in [9.17, 15) is 4.79 Å². The first-order valence-corrected chi connectivity index (χ1v) is 8.30. The molecule has 0 spiro atoms. The molecule has 0 saturated carbocycles. The number of hydrogen-bond donors (Lipinski definition) is 0. The Labute approximate surface area is 150 Å². The molecule has 0 saturated heterocycles. The van der Waals surface area contributed by atoms with Gasteiger partial charge >= 0.3 is 0 Å². The van der Waals surface area contributed by atoms with Crippen LogP contribution in [0, 0.1) is 0 Å². The molecule has 3 aromatic rings. The molecule has 4 rings (SSSR count). The maximum Gasteiger partial charge on any atom is 0.243 e. The van der Waals surface area contributed by atoms with Crippen molar-refractivity contribution in [1.29, 1.82) is 0 Å². The first-order valence-electron chi connectivity index (χ1n) is 7.92. The van der Waals surface area contributed by atoms with E-state index in [-0.39, 0.29) is 5.91 Å². The summed E-state index contributed by atoms with van der Waals surface area (Å²) in [6, 6.07) is 21.2. The molecule has 1 aliphatic rings. The lowest BCUT2D eigenvalue weighted by molar-refractivity contribution is -0.135. The summed E-state index contributed by atoms with van der Waals surface area (Å²) >= 11 is 6.06. The molecule has 5 heteroatoms. The van der Waals surface area contributed by atoms with Crippen LogP contribution in [0.5, 0.6) is 0 Å².